The van der Waals surface area contributed by atoms with E-state index in [2.05, 4.69) is 56.2 Å². The summed E-state index contributed by atoms with van der Waals surface area (Å²) in [7, 11) is 0. The highest BCUT2D eigenvalue weighted by atomic mass is 16.3. The molecule has 0 amide bonds. The Morgan fingerprint density at radius 2 is 2.16 bits per heavy atom. The summed E-state index contributed by atoms with van der Waals surface area (Å²) in [6.45, 7) is 5.97. The fourth-order valence-corrected chi connectivity index (χ4v) is 3.73. The van der Waals surface area contributed by atoms with Crippen molar-refractivity contribution < 1.29 is 5.11 Å². The number of aryl methyl sites for hydroxylation is 1. The van der Waals surface area contributed by atoms with Crippen LogP contribution in [0.1, 0.15) is 42.8 Å². The van der Waals surface area contributed by atoms with E-state index in [1.165, 1.54) is 22.2 Å². The molecule has 2 N–H and O–H groups in total. The number of para-hydroxylation sites is 1. The van der Waals surface area contributed by atoms with E-state index in [4.69, 9.17) is 0 Å². The van der Waals surface area contributed by atoms with Crippen LogP contribution in [0.4, 0.5) is 0 Å². The summed E-state index contributed by atoms with van der Waals surface area (Å²) in [4.78, 5) is 5.87. The maximum atomic E-state index is 10.1. The largest absolute Gasteiger partial charge is 0.387 e. The van der Waals surface area contributed by atoms with Crippen LogP contribution < -0.4 is 0 Å². The minimum atomic E-state index is -0.445. The Morgan fingerprint density at radius 3 is 3.04 bits per heavy atom. The van der Waals surface area contributed by atoms with Gasteiger partial charge in [-0.25, -0.2) is 0 Å². The Hall–Kier alpha value is -2.11. The van der Waals surface area contributed by atoms with Crippen molar-refractivity contribution in [1.82, 2.24) is 19.7 Å². The second kappa shape index (κ2) is 7.02. The molecule has 1 aromatic carbocycles. The first-order valence-electron chi connectivity index (χ1n) is 9.26. The van der Waals surface area contributed by atoms with Gasteiger partial charge >= 0.3 is 0 Å². The lowest BCUT2D eigenvalue weighted by Gasteiger charge is -2.19. The first-order valence-corrected chi connectivity index (χ1v) is 9.26. The normalized spacial score (nSPS) is 16.7. The Balaban J connectivity index is 1.45. The first kappa shape index (κ1) is 16.4. The van der Waals surface area contributed by atoms with Gasteiger partial charge in [0.2, 0.25) is 0 Å². The van der Waals surface area contributed by atoms with Crippen LogP contribution in [0, 0.1) is 0 Å². The lowest BCUT2D eigenvalue weighted by molar-refractivity contribution is 0.167. The molecule has 5 nitrogen and oxygen atoms in total. The third-order valence-electron chi connectivity index (χ3n) is 5.21. The molecule has 0 fully saturated rings. The second-order valence-electron chi connectivity index (χ2n) is 6.95. The molecular formula is C20H26N4O. The van der Waals surface area contributed by atoms with Gasteiger partial charge in [0.25, 0.3) is 0 Å². The number of aliphatic hydroxyl groups excluding tert-OH is 1. The predicted molar refractivity (Wildman–Crippen MR) is 99.4 cm³/mol. The zero-order valence-electron chi connectivity index (χ0n) is 14.8. The summed E-state index contributed by atoms with van der Waals surface area (Å²) < 4.78 is 2.08. The third-order valence-corrected chi connectivity index (χ3v) is 5.21. The van der Waals surface area contributed by atoms with E-state index >= 15 is 0 Å². The fraction of sp³-hybridized carbons (Fsp3) is 0.450. The number of aromatic nitrogens is 3. The fourth-order valence-electron chi connectivity index (χ4n) is 3.73. The van der Waals surface area contributed by atoms with Crippen molar-refractivity contribution in [3.63, 3.8) is 0 Å². The van der Waals surface area contributed by atoms with E-state index < -0.39 is 6.10 Å². The molecule has 1 aliphatic rings. The summed E-state index contributed by atoms with van der Waals surface area (Å²) in [5.41, 5.74) is 4.63. The Bertz CT molecular complexity index is 850. The molecule has 0 spiro atoms. The van der Waals surface area contributed by atoms with Crippen LogP contribution in [-0.2, 0) is 19.5 Å². The van der Waals surface area contributed by atoms with Crippen molar-refractivity contribution in [2.24, 2.45) is 0 Å². The van der Waals surface area contributed by atoms with Gasteiger partial charge in [0.15, 0.2) is 0 Å². The van der Waals surface area contributed by atoms with Gasteiger partial charge < -0.3 is 10.1 Å². The quantitative estimate of drug-likeness (QED) is 0.751. The van der Waals surface area contributed by atoms with Crippen LogP contribution in [0.2, 0.25) is 0 Å². The Kier molecular flexibility index (Phi) is 4.59. The molecular weight excluding hydrogens is 312 g/mol. The number of aliphatic hydroxyl groups is 1. The first-order chi connectivity index (χ1) is 12.2. The standard InChI is InChI=1S/C20H26N4O/c1-2-20(25)19-12-16-14-23(9-5-10-24(16)22-19)11-8-15-13-21-18-7-4-3-6-17(15)18/h3-4,6-7,12-13,20-21,25H,2,5,8-11,14H2,1H3/t20-/m1/s1. The topological polar surface area (TPSA) is 57.1 Å². The number of hydrogen-bond donors (Lipinski definition) is 2. The SMILES string of the molecule is CC[C@@H](O)c1cc2n(n1)CCCN(CCc1c[nH]c3ccccc13)C2. The third kappa shape index (κ3) is 3.34. The molecule has 0 saturated carbocycles. The highest BCUT2D eigenvalue weighted by Crippen LogP contribution is 2.21. The van der Waals surface area contributed by atoms with Crippen molar-refractivity contribution in [2.45, 2.75) is 45.4 Å². The smallest absolute Gasteiger partial charge is 0.0975 e. The summed E-state index contributed by atoms with van der Waals surface area (Å²) >= 11 is 0. The molecule has 3 heterocycles. The maximum absolute atomic E-state index is 10.1. The van der Waals surface area contributed by atoms with Crippen molar-refractivity contribution in [3.05, 3.63) is 53.5 Å². The van der Waals surface area contributed by atoms with Crippen molar-refractivity contribution in [1.29, 1.82) is 0 Å². The number of H-pyrrole nitrogens is 1. The van der Waals surface area contributed by atoms with Crippen molar-refractivity contribution >= 4 is 10.9 Å². The minimum absolute atomic E-state index is 0.445. The number of nitrogens with one attached hydrogen (secondary N) is 1. The number of fused-ring (bicyclic) bond motifs is 2. The molecule has 4 rings (SSSR count). The van der Waals surface area contributed by atoms with E-state index in [1.54, 1.807) is 0 Å². The summed E-state index contributed by atoms with van der Waals surface area (Å²) in [6, 6.07) is 10.6. The molecule has 0 saturated heterocycles. The number of benzene rings is 1. The highest BCUT2D eigenvalue weighted by molar-refractivity contribution is 5.83. The van der Waals surface area contributed by atoms with Gasteiger partial charge in [0.1, 0.15) is 0 Å². The van der Waals surface area contributed by atoms with Crippen LogP contribution in [0.5, 0.6) is 0 Å². The molecule has 0 radical (unpaired) electrons. The monoisotopic (exact) mass is 338 g/mol. The zero-order chi connectivity index (χ0) is 17.2. The molecule has 25 heavy (non-hydrogen) atoms. The minimum Gasteiger partial charge on any atom is -0.387 e. The molecule has 0 unspecified atom stereocenters. The Morgan fingerprint density at radius 1 is 1.28 bits per heavy atom. The van der Waals surface area contributed by atoms with E-state index in [0.29, 0.717) is 6.42 Å². The van der Waals surface area contributed by atoms with E-state index in [9.17, 15) is 5.11 Å². The molecule has 1 atom stereocenters. The Labute approximate surface area is 148 Å². The van der Waals surface area contributed by atoms with Crippen LogP contribution in [0.15, 0.2) is 36.5 Å². The van der Waals surface area contributed by atoms with Gasteiger partial charge in [-0.1, -0.05) is 25.1 Å². The summed E-state index contributed by atoms with van der Waals surface area (Å²) in [6.07, 6.45) is 4.55. The molecule has 1 aliphatic heterocycles. The van der Waals surface area contributed by atoms with Gasteiger partial charge in [-0.2, -0.15) is 5.10 Å². The van der Waals surface area contributed by atoms with E-state index in [1.807, 2.05) is 6.92 Å². The van der Waals surface area contributed by atoms with Gasteiger partial charge in [0.05, 0.1) is 17.5 Å². The van der Waals surface area contributed by atoms with Crippen molar-refractivity contribution in [3.8, 4) is 0 Å². The maximum Gasteiger partial charge on any atom is 0.0975 e. The zero-order valence-corrected chi connectivity index (χ0v) is 14.8. The van der Waals surface area contributed by atoms with Gasteiger partial charge in [0, 0.05) is 43.3 Å². The average molecular weight is 338 g/mol. The molecule has 3 aromatic rings. The van der Waals surface area contributed by atoms with Gasteiger partial charge in [-0.15, -0.1) is 0 Å². The molecule has 132 valence electrons. The summed E-state index contributed by atoms with van der Waals surface area (Å²) in [5, 5.41) is 16.0. The molecule has 0 aliphatic carbocycles. The number of aromatic amines is 1. The molecule has 5 heteroatoms. The number of nitrogens with zero attached hydrogens (tertiary/aromatic N) is 3. The predicted octanol–water partition coefficient (Wildman–Crippen LogP) is 3.26. The van der Waals surface area contributed by atoms with Crippen LogP contribution in [0.25, 0.3) is 10.9 Å². The summed E-state index contributed by atoms with van der Waals surface area (Å²) in [5.74, 6) is 0. The average Bonchev–Trinajstić information content (AvgIpc) is 3.18. The second-order valence-corrected chi connectivity index (χ2v) is 6.95. The lowest BCUT2D eigenvalue weighted by atomic mass is 10.1. The van der Waals surface area contributed by atoms with Crippen LogP contribution >= 0.6 is 0 Å². The highest BCUT2D eigenvalue weighted by Gasteiger charge is 2.19. The van der Waals surface area contributed by atoms with Gasteiger partial charge in [-0.3, -0.25) is 9.58 Å². The van der Waals surface area contributed by atoms with Gasteiger partial charge in [-0.05, 0) is 37.0 Å². The number of hydrogen-bond acceptors (Lipinski definition) is 3. The van der Waals surface area contributed by atoms with E-state index in [-0.39, 0.29) is 0 Å². The lowest BCUT2D eigenvalue weighted by Crippen LogP contribution is -2.25. The van der Waals surface area contributed by atoms with Crippen LogP contribution in [-0.4, -0.2) is 37.9 Å². The van der Waals surface area contributed by atoms with E-state index in [0.717, 1.165) is 44.7 Å². The van der Waals surface area contributed by atoms with Crippen molar-refractivity contribution in [2.75, 3.05) is 13.1 Å². The molecule has 2 aromatic heterocycles. The molecule has 0 bridgehead atoms. The van der Waals surface area contributed by atoms with Crippen LogP contribution in [0.3, 0.4) is 0 Å². The number of rotatable bonds is 5.